The van der Waals surface area contributed by atoms with Crippen LogP contribution in [0, 0.1) is 9.49 Å². The summed E-state index contributed by atoms with van der Waals surface area (Å²) in [4.78, 5) is 40.1. The topological polar surface area (TPSA) is 84.9 Å². The summed E-state index contributed by atoms with van der Waals surface area (Å²) in [6.45, 7) is 6.15. The number of benzene rings is 2. The first-order valence-electron chi connectivity index (χ1n) is 11.8. The third-order valence-corrected chi connectivity index (χ3v) is 6.69. The van der Waals surface area contributed by atoms with Gasteiger partial charge in [-0.2, -0.15) is 0 Å². The smallest absolute Gasteiger partial charge is 0.347 e. The van der Waals surface area contributed by atoms with Gasteiger partial charge in [0.25, 0.3) is 5.91 Å². The number of carbonyl (C=O) groups excluding carboxylic acids is 3. The summed E-state index contributed by atoms with van der Waals surface area (Å²) in [6.07, 6.45) is 1.47. The molecule has 1 saturated heterocycles. The molecule has 9 heteroatoms. The van der Waals surface area contributed by atoms with Crippen molar-refractivity contribution in [2.75, 3.05) is 23.4 Å². The summed E-state index contributed by atoms with van der Waals surface area (Å²) >= 11 is 8.30. The van der Waals surface area contributed by atoms with Crippen LogP contribution in [0.3, 0.4) is 0 Å². The monoisotopic (exact) mass is 624 g/mol. The van der Waals surface area contributed by atoms with Crippen LogP contribution in [0.4, 0.5) is 11.4 Å². The first kappa shape index (κ1) is 28.0. The summed E-state index contributed by atoms with van der Waals surface area (Å²) < 4.78 is 11.5. The van der Waals surface area contributed by atoms with Crippen molar-refractivity contribution in [2.24, 2.45) is 5.92 Å². The molecule has 1 fully saturated rings. The number of hydrogen-bond donors (Lipinski definition) is 1. The third-order valence-electron chi connectivity index (χ3n) is 5.52. The van der Waals surface area contributed by atoms with Gasteiger partial charge in [0.1, 0.15) is 6.04 Å². The summed E-state index contributed by atoms with van der Waals surface area (Å²) in [5, 5.41) is 3.69. The highest BCUT2D eigenvalue weighted by Crippen LogP contribution is 2.27. The second-order valence-corrected chi connectivity index (χ2v) is 10.5. The Bertz CT molecular complexity index is 1120. The zero-order chi connectivity index (χ0) is 26.2. The predicted octanol–water partition coefficient (Wildman–Crippen LogP) is 5.61. The van der Waals surface area contributed by atoms with Crippen molar-refractivity contribution in [1.29, 1.82) is 0 Å². The molecule has 0 aromatic heterocycles. The Labute approximate surface area is 230 Å². The molecule has 3 rings (SSSR count). The van der Waals surface area contributed by atoms with Crippen molar-refractivity contribution < 1.29 is 23.9 Å². The van der Waals surface area contributed by atoms with Crippen molar-refractivity contribution in [3.63, 3.8) is 0 Å². The fourth-order valence-corrected chi connectivity index (χ4v) is 4.26. The predicted molar refractivity (Wildman–Crippen MR) is 149 cm³/mol. The highest BCUT2D eigenvalue weighted by atomic mass is 127. The molecule has 0 saturated carbocycles. The molecule has 192 valence electrons. The van der Waals surface area contributed by atoms with E-state index in [-0.39, 0.29) is 24.9 Å². The Morgan fingerprint density at radius 1 is 1.14 bits per heavy atom. The summed E-state index contributed by atoms with van der Waals surface area (Å²) in [5.41, 5.74) is 2.12. The molecule has 0 aliphatic carbocycles. The Hall–Kier alpha value is -2.59. The number of amides is 1. The van der Waals surface area contributed by atoms with Gasteiger partial charge in [0, 0.05) is 32.1 Å². The quantitative estimate of drug-likeness (QED) is 0.210. The van der Waals surface area contributed by atoms with Gasteiger partial charge < -0.3 is 19.7 Å². The number of hydrogen-bond acceptors (Lipinski definition) is 6. The van der Waals surface area contributed by atoms with E-state index in [1.807, 2.05) is 50.2 Å². The Morgan fingerprint density at radius 2 is 1.86 bits per heavy atom. The summed E-state index contributed by atoms with van der Waals surface area (Å²) in [7, 11) is 0. The van der Waals surface area contributed by atoms with Gasteiger partial charge in [0.05, 0.1) is 6.61 Å². The number of ether oxygens (including phenoxy) is 2. The van der Waals surface area contributed by atoms with Crippen LogP contribution in [0.1, 0.15) is 33.6 Å². The Morgan fingerprint density at radius 3 is 2.56 bits per heavy atom. The first-order chi connectivity index (χ1) is 17.2. The molecular weight excluding hydrogens is 595 g/mol. The number of nitrogens with zero attached hydrogens (tertiary/aromatic N) is 1. The largest absolute Gasteiger partial charge is 0.463 e. The average Bonchev–Trinajstić information content (AvgIpc) is 3.22. The second-order valence-electron chi connectivity index (χ2n) is 8.93. The Kier molecular flexibility index (Phi) is 10.2. The lowest BCUT2D eigenvalue weighted by molar-refractivity contribution is -0.167. The van der Waals surface area contributed by atoms with Crippen LogP contribution in [0.25, 0.3) is 0 Å². The highest BCUT2D eigenvalue weighted by molar-refractivity contribution is 14.1. The first-order valence-corrected chi connectivity index (χ1v) is 13.3. The standard InChI is InChI=1S/C27H30ClIN2O5/c1-17(2)16-35-26(33)18(3)36-27(34)23(30-24-15-20(28)10-11-22(24)29)12-9-19-13-14-31(25(19)32)21-7-5-4-6-8-21/h4-11,15,17-18,23,30H,12-14,16H2,1-3H3/b19-9+/t18-,23?/m1/s1. The van der Waals surface area contributed by atoms with Gasteiger partial charge in [-0.25, -0.2) is 9.59 Å². The molecule has 2 aromatic rings. The normalized spacial score (nSPS) is 16.2. The Balaban J connectivity index is 1.75. The molecular formula is C27H30ClIN2O5. The molecule has 1 amide bonds. The molecule has 1 heterocycles. The van der Waals surface area contributed by atoms with Gasteiger partial charge >= 0.3 is 11.9 Å². The van der Waals surface area contributed by atoms with E-state index in [0.717, 1.165) is 9.26 Å². The molecule has 2 aromatic carbocycles. The van der Waals surface area contributed by atoms with E-state index in [9.17, 15) is 14.4 Å². The average molecular weight is 625 g/mol. The molecule has 7 nitrogen and oxygen atoms in total. The van der Waals surface area contributed by atoms with Crippen LogP contribution in [-0.4, -0.2) is 43.1 Å². The van der Waals surface area contributed by atoms with E-state index in [0.29, 0.717) is 29.2 Å². The lowest BCUT2D eigenvalue weighted by Crippen LogP contribution is -2.36. The molecule has 0 bridgehead atoms. The third kappa shape index (κ3) is 7.70. The van der Waals surface area contributed by atoms with E-state index in [1.165, 1.54) is 6.92 Å². The van der Waals surface area contributed by atoms with E-state index in [4.69, 9.17) is 21.1 Å². The highest BCUT2D eigenvalue weighted by Gasteiger charge is 2.29. The van der Waals surface area contributed by atoms with Crippen molar-refractivity contribution >= 4 is 63.4 Å². The zero-order valence-corrected chi connectivity index (χ0v) is 23.4. The number of nitrogens with one attached hydrogen (secondary N) is 1. The van der Waals surface area contributed by atoms with Gasteiger partial charge in [0.2, 0.25) is 0 Å². The molecule has 1 aliphatic heterocycles. The van der Waals surface area contributed by atoms with Gasteiger partial charge in [-0.05, 0) is 78.6 Å². The van der Waals surface area contributed by atoms with Gasteiger partial charge in [-0.3, -0.25) is 4.79 Å². The molecule has 0 spiro atoms. The van der Waals surface area contributed by atoms with Crippen molar-refractivity contribution in [3.05, 3.63) is 68.8 Å². The number of halogens is 2. The van der Waals surface area contributed by atoms with Crippen LogP contribution >= 0.6 is 34.2 Å². The molecule has 36 heavy (non-hydrogen) atoms. The van der Waals surface area contributed by atoms with E-state index in [1.54, 1.807) is 23.1 Å². The van der Waals surface area contributed by atoms with Crippen LogP contribution in [0.2, 0.25) is 5.02 Å². The fraction of sp³-hybridized carbons (Fsp3) is 0.370. The number of anilines is 2. The summed E-state index contributed by atoms with van der Waals surface area (Å²) in [6, 6.07) is 13.9. The van der Waals surface area contributed by atoms with Crippen molar-refractivity contribution in [1.82, 2.24) is 0 Å². The number of esters is 2. The van der Waals surface area contributed by atoms with Gasteiger partial charge in [0.15, 0.2) is 6.10 Å². The van der Waals surface area contributed by atoms with Crippen LogP contribution in [0.5, 0.6) is 0 Å². The number of para-hydroxylation sites is 1. The molecule has 0 radical (unpaired) electrons. The van der Waals surface area contributed by atoms with E-state index >= 15 is 0 Å². The number of rotatable bonds is 10. The minimum Gasteiger partial charge on any atom is -0.463 e. The van der Waals surface area contributed by atoms with Crippen molar-refractivity contribution in [3.8, 4) is 0 Å². The maximum atomic E-state index is 13.1. The summed E-state index contributed by atoms with van der Waals surface area (Å²) in [5.74, 6) is -1.14. The number of carbonyl (C=O) groups is 3. The van der Waals surface area contributed by atoms with Gasteiger partial charge in [-0.15, -0.1) is 0 Å². The zero-order valence-electron chi connectivity index (χ0n) is 20.5. The SMILES string of the molecule is CC(C)COC(=O)[C@@H](C)OC(=O)C(C/C=C1\CCN(c2ccccc2)C1=O)Nc1cc(Cl)ccc1I. The maximum Gasteiger partial charge on any atom is 0.347 e. The van der Waals surface area contributed by atoms with Crippen LogP contribution < -0.4 is 10.2 Å². The lowest BCUT2D eigenvalue weighted by atomic mass is 10.1. The van der Waals surface area contributed by atoms with Crippen molar-refractivity contribution in [2.45, 2.75) is 45.8 Å². The maximum absolute atomic E-state index is 13.1. The minimum absolute atomic E-state index is 0.0868. The molecule has 1 unspecified atom stereocenters. The van der Waals surface area contributed by atoms with Crippen LogP contribution in [0.15, 0.2) is 60.2 Å². The molecule has 1 aliphatic rings. The molecule has 1 N–H and O–H groups in total. The fourth-order valence-electron chi connectivity index (χ4n) is 3.60. The second kappa shape index (κ2) is 13.1. The van der Waals surface area contributed by atoms with Gasteiger partial charge in [-0.1, -0.05) is 49.7 Å². The minimum atomic E-state index is -1.06. The van der Waals surface area contributed by atoms with Crippen LogP contribution in [-0.2, 0) is 23.9 Å². The van der Waals surface area contributed by atoms with E-state index < -0.39 is 24.1 Å². The lowest BCUT2D eigenvalue weighted by Gasteiger charge is -2.21. The van der Waals surface area contributed by atoms with E-state index in [2.05, 4.69) is 27.9 Å². The molecule has 2 atom stereocenters.